The Morgan fingerprint density at radius 2 is 1.68 bits per heavy atom. The molecular formula is C23H23F2N5O4. The second kappa shape index (κ2) is 10.3. The van der Waals surface area contributed by atoms with E-state index >= 15 is 0 Å². The molecule has 0 spiro atoms. The van der Waals surface area contributed by atoms with Gasteiger partial charge in [0.2, 0.25) is 5.95 Å². The number of hydrogen-bond acceptors (Lipinski definition) is 6. The van der Waals surface area contributed by atoms with Crippen LogP contribution in [0.25, 0.3) is 5.69 Å². The van der Waals surface area contributed by atoms with Crippen molar-refractivity contribution >= 4 is 17.8 Å². The third-order valence-corrected chi connectivity index (χ3v) is 5.25. The first-order chi connectivity index (χ1) is 16.4. The van der Waals surface area contributed by atoms with E-state index in [9.17, 15) is 18.4 Å². The van der Waals surface area contributed by atoms with Gasteiger partial charge in [0.05, 0.1) is 7.11 Å². The van der Waals surface area contributed by atoms with E-state index in [-0.39, 0.29) is 28.9 Å². The number of nitrogens with one attached hydrogen (secondary N) is 2. The predicted molar refractivity (Wildman–Crippen MR) is 120 cm³/mol. The molecular weight excluding hydrogens is 448 g/mol. The fourth-order valence-electron chi connectivity index (χ4n) is 3.50. The minimum atomic E-state index is -2.96. The molecule has 1 aliphatic rings. The number of piperazine rings is 1. The molecule has 2 amide bonds. The number of hydrogen-bond donors (Lipinski definition) is 2. The van der Waals surface area contributed by atoms with Crippen molar-refractivity contribution in [2.75, 3.05) is 38.6 Å². The molecule has 0 unspecified atom stereocenters. The molecule has 2 N–H and O–H groups in total. The number of carbonyl (C=O) groups excluding carboxylic acids is 2. The standard InChI is InChI=1S/C23H23F2N5O4/c1-33-17-8-4-16(5-9-17)30-14-19(21(32)29-12-10-26-11-13-29)27-23(30)28-20(31)15-2-6-18(7-3-15)34-22(24)25/h2-9,14,22,26H,10-13H2,1H3,(H,27,28,31). The Kier molecular flexibility index (Phi) is 7.02. The van der Waals surface area contributed by atoms with Gasteiger partial charge in [0.25, 0.3) is 11.8 Å². The molecule has 34 heavy (non-hydrogen) atoms. The van der Waals surface area contributed by atoms with E-state index < -0.39 is 12.5 Å². The molecule has 1 aliphatic heterocycles. The summed E-state index contributed by atoms with van der Waals surface area (Å²) in [7, 11) is 1.56. The van der Waals surface area contributed by atoms with E-state index in [0.29, 0.717) is 37.6 Å². The van der Waals surface area contributed by atoms with Crippen molar-refractivity contribution in [1.82, 2.24) is 19.8 Å². The molecule has 0 saturated carbocycles. The van der Waals surface area contributed by atoms with Crippen LogP contribution in [0, 0.1) is 0 Å². The summed E-state index contributed by atoms with van der Waals surface area (Å²) in [6, 6.07) is 12.3. The van der Waals surface area contributed by atoms with Crippen LogP contribution in [0.15, 0.2) is 54.7 Å². The first-order valence-electron chi connectivity index (χ1n) is 10.5. The van der Waals surface area contributed by atoms with Crippen LogP contribution in [0.5, 0.6) is 11.5 Å². The van der Waals surface area contributed by atoms with Gasteiger partial charge in [-0.15, -0.1) is 0 Å². The number of anilines is 1. The lowest BCUT2D eigenvalue weighted by atomic mass is 10.2. The molecule has 3 aromatic rings. The number of halogens is 2. The van der Waals surface area contributed by atoms with Crippen LogP contribution >= 0.6 is 0 Å². The molecule has 1 fully saturated rings. The number of nitrogens with zero attached hydrogens (tertiary/aromatic N) is 3. The lowest BCUT2D eigenvalue weighted by molar-refractivity contribution is -0.0498. The van der Waals surface area contributed by atoms with Crippen LogP contribution in [0.2, 0.25) is 0 Å². The summed E-state index contributed by atoms with van der Waals surface area (Å²) < 4.78 is 35.8. The first kappa shape index (κ1) is 23.2. The van der Waals surface area contributed by atoms with Gasteiger partial charge in [-0.25, -0.2) is 4.98 Å². The van der Waals surface area contributed by atoms with Crippen LogP contribution in [0.4, 0.5) is 14.7 Å². The lowest BCUT2D eigenvalue weighted by Crippen LogP contribution is -2.46. The summed E-state index contributed by atoms with van der Waals surface area (Å²) >= 11 is 0. The number of alkyl halides is 2. The van der Waals surface area contributed by atoms with Crippen molar-refractivity contribution in [3.05, 3.63) is 66.0 Å². The van der Waals surface area contributed by atoms with Crippen molar-refractivity contribution in [3.63, 3.8) is 0 Å². The van der Waals surface area contributed by atoms with Gasteiger partial charge in [0.15, 0.2) is 0 Å². The van der Waals surface area contributed by atoms with E-state index in [1.807, 2.05) is 0 Å². The number of benzene rings is 2. The van der Waals surface area contributed by atoms with Crippen molar-refractivity contribution in [3.8, 4) is 17.2 Å². The molecule has 0 radical (unpaired) electrons. The maximum atomic E-state index is 13.0. The average Bonchev–Trinajstić information content (AvgIpc) is 3.27. The Bertz CT molecular complexity index is 1140. The van der Waals surface area contributed by atoms with Gasteiger partial charge in [-0.2, -0.15) is 8.78 Å². The number of aromatic nitrogens is 2. The van der Waals surface area contributed by atoms with Gasteiger partial charge in [0, 0.05) is 43.6 Å². The molecule has 1 aromatic heterocycles. The SMILES string of the molecule is COc1ccc(-n2cc(C(=O)N3CCNCC3)nc2NC(=O)c2ccc(OC(F)F)cc2)cc1. The zero-order valence-electron chi connectivity index (χ0n) is 18.3. The molecule has 9 nitrogen and oxygen atoms in total. The third kappa shape index (κ3) is 5.31. The summed E-state index contributed by atoms with van der Waals surface area (Å²) in [5.41, 5.74) is 1.05. The highest BCUT2D eigenvalue weighted by atomic mass is 19.3. The number of carbonyl (C=O) groups is 2. The van der Waals surface area contributed by atoms with Crippen molar-refractivity contribution in [2.24, 2.45) is 0 Å². The number of ether oxygens (including phenoxy) is 2. The molecule has 0 atom stereocenters. The molecule has 11 heteroatoms. The summed E-state index contributed by atoms with van der Waals surface area (Å²) in [5, 5.41) is 5.90. The Morgan fingerprint density at radius 3 is 2.29 bits per heavy atom. The van der Waals surface area contributed by atoms with Gasteiger partial charge in [-0.3, -0.25) is 19.5 Å². The van der Waals surface area contributed by atoms with Crippen LogP contribution < -0.4 is 20.1 Å². The van der Waals surface area contributed by atoms with Gasteiger partial charge >= 0.3 is 6.61 Å². The highest BCUT2D eigenvalue weighted by Gasteiger charge is 2.23. The molecule has 0 bridgehead atoms. The minimum Gasteiger partial charge on any atom is -0.497 e. The fraction of sp³-hybridized carbons (Fsp3) is 0.261. The van der Waals surface area contributed by atoms with Gasteiger partial charge in [-0.1, -0.05) is 0 Å². The first-order valence-corrected chi connectivity index (χ1v) is 10.5. The second-order valence-corrected chi connectivity index (χ2v) is 7.42. The number of methoxy groups -OCH3 is 1. The maximum absolute atomic E-state index is 13.0. The smallest absolute Gasteiger partial charge is 0.387 e. The van der Waals surface area contributed by atoms with E-state index in [4.69, 9.17) is 4.74 Å². The van der Waals surface area contributed by atoms with Crippen LogP contribution in [-0.2, 0) is 0 Å². The predicted octanol–water partition coefficient (Wildman–Crippen LogP) is 2.78. The highest BCUT2D eigenvalue weighted by Crippen LogP contribution is 2.22. The Morgan fingerprint density at radius 1 is 1.03 bits per heavy atom. The molecule has 178 valence electrons. The minimum absolute atomic E-state index is 0.0600. The second-order valence-electron chi connectivity index (χ2n) is 7.42. The third-order valence-electron chi connectivity index (χ3n) is 5.25. The largest absolute Gasteiger partial charge is 0.497 e. The zero-order chi connectivity index (χ0) is 24.1. The van der Waals surface area contributed by atoms with Crippen molar-refractivity contribution < 1.29 is 27.8 Å². The van der Waals surface area contributed by atoms with Crippen LogP contribution in [-0.4, -0.2) is 66.2 Å². The van der Waals surface area contributed by atoms with Crippen molar-refractivity contribution in [2.45, 2.75) is 6.61 Å². The number of amides is 2. The molecule has 2 heterocycles. The van der Waals surface area contributed by atoms with Crippen LogP contribution in [0.1, 0.15) is 20.8 Å². The molecule has 0 aliphatic carbocycles. The number of imidazole rings is 1. The average molecular weight is 471 g/mol. The Hall–Kier alpha value is -3.99. The van der Waals surface area contributed by atoms with Gasteiger partial charge in [0.1, 0.15) is 17.2 Å². The Balaban J connectivity index is 1.61. The normalized spacial score (nSPS) is 13.6. The van der Waals surface area contributed by atoms with E-state index in [1.54, 1.807) is 47.0 Å². The summed E-state index contributed by atoms with van der Waals surface area (Å²) in [6.45, 7) is -0.450. The van der Waals surface area contributed by atoms with Crippen molar-refractivity contribution in [1.29, 1.82) is 0 Å². The monoisotopic (exact) mass is 471 g/mol. The maximum Gasteiger partial charge on any atom is 0.387 e. The Labute approximate surface area is 194 Å². The van der Waals surface area contributed by atoms with E-state index in [0.717, 1.165) is 0 Å². The summed E-state index contributed by atoms with van der Waals surface area (Å²) in [5.74, 6) is -0.0303. The van der Waals surface area contributed by atoms with Gasteiger partial charge < -0.3 is 19.7 Å². The molecule has 4 rings (SSSR count). The molecule has 2 aromatic carbocycles. The summed E-state index contributed by atoms with van der Waals surface area (Å²) in [4.78, 5) is 31.9. The highest BCUT2D eigenvalue weighted by molar-refractivity contribution is 6.04. The quantitative estimate of drug-likeness (QED) is 0.550. The summed E-state index contributed by atoms with van der Waals surface area (Å²) in [6.07, 6.45) is 1.57. The number of rotatable bonds is 7. The molecule has 1 saturated heterocycles. The van der Waals surface area contributed by atoms with Crippen LogP contribution in [0.3, 0.4) is 0 Å². The topological polar surface area (TPSA) is 97.7 Å². The van der Waals surface area contributed by atoms with Gasteiger partial charge in [-0.05, 0) is 48.5 Å². The fourth-order valence-corrected chi connectivity index (χ4v) is 3.50. The van der Waals surface area contributed by atoms with E-state index in [1.165, 1.54) is 24.3 Å². The van der Waals surface area contributed by atoms with E-state index in [2.05, 4.69) is 20.4 Å². The zero-order valence-corrected chi connectivity index (χ0v) is 18.3. The lowest BCUT2D eigenvalue weighted by Gasteiger charge is -2.26.